The summed E-state index contributed by atoms with van der Waals surface area (Å²) >= 11 is 0. The van der Waals surface area contributed by atoms with E-state index in [1.165, 1.54) is 11.8 Å². The number of anilines is 1. The van der Waals surface area contributed by atoms with Crippen molar-refractivity contribution in [3.8, 4) is 0 Å². The molecule has 1 heterocycles. The first-order chi connectivity index (χ1) is 8.43. The molecule has 0 aliphatic heterocycles. The predicted molar refractivity (Wildman–Crippen MR) is 67.2 cm³/mol. The molecule has 0 saturated heterocycles. The molecule has 6 heteroatoms. The smallest absolute Gasteiger partial charge is 0.240 e. The van der Waals surface area contributed by atoms with Gasteiger partial charge in [-0.3, -0.25) is 14.5 Å². The average molecular weight is 253 g/mol. The molecular weight excluding hydrogens is 234 g/mol. The molecule has 0 fully saturated rings. The van der Waals surface area contributed by atoms with Crippen molar-refractivity contribution in [1.29, 1.82) is 0 Å². The van der Waals surface area contributed by atoms with Crippen LogP contribution in [-0.4, -0.2) is 29.6 Å². The van der Waals surface area contributed by atoms with Gasteiger partial charge in [-0.2, -0.15) is 0 Å². The Kier molecular flexibility index (Phi) is 4.88. The number of aromatic nitrogens is 1. The number of carbonyl (C=O) groups is 2. The minimum atomic E-state index is -0.248. The van der Waals surface area contributed by atoms with Crippen molar-refractivity contribution >= 4 is 17.6 Å². The molecule has 1 aromatic rings. The SMILES string of the molecule is CCC(C)NC(=O)CN(C(C)=O)c1cc(C)on1. The summed E-state index contributed by atoms with van der Waals surface area (Å²) in [5.74, 6) is 0.501. The Balaban J connectivity index is 2.70. The van der Waals surface area contributed by atoms with Gasteiger partial charge in [0.1, 0.15) is 12.3 Å². The first-order valence-electron chi connectivity index (χ1n) is 5.94. The Bertz CT molecular complexity index is 428. The molecule has 6 nitrogen and oxygen atoms in total. The molecule has 0 saturated carbocycles. The van der Waals surface area contributed by atoms with Gasteiger partial charge in [0.05, 0.1) is 0 Å². The highest BCUT2D eigenvalue weighted by Gasteiger charge is 2.19. The fourth-order valence-corrected chi connectivity index (χ4v) is 1.40. The third-order valence-corrected chi connectivity index (χ3v) is 2.59. The fraction of sp³-hybridized carbons (Fsp3) is 0.583. The summed E-state index contributed by atoms with van der Waals surface area (Å²) in [7, 11) is 0. The molecule has 1 unspecified atom stereocenters. The predicted octanol–water partition coefficient (Wildman–Crippen LogP) is 1.25. The summed E-state index contributed by atoms with van der Waals surface area (Å²) in [6.07, 6.45) is 0.842. The first kappa shape index (κ1) is 14.2. The topological polar surface area (TPSA) is 75.4 Å². The Morgan fingerprint density at radius 3 is 2.67 bits per heavy atom. The Morgan fingerprint density at radius 2 is 2.22 bits per heavy atom. The zero-order chi connectivity index (χ0) is 13.7. The van der Waals surface area contributed by atoms with Crippen LogP contribution >= 0.6 is 0 Å². The van der Waals surface area contributed by atoms with Crippen molar-refractivity contribution in [3.05, 3.63) is 11.8 Å². The van der Waals surface area contributed by atoms with E-state index in [0.29, 0.717) is 11.6 Å². The maximum atomic E-state index is 11.7. The van der Waals surface area contributed by atoms with Gasteiger partial charge in [0.2, 0.25) is 11.8 Å². The molecule has 2 amide bonds. The number of hydrogen-bond donors (Lipinski definition) is 1. The van der Waals surface area contributed by atoms with Crippen LogP contribution in [0.15, 0.2) is 10.6 Å². The Labute approximate surface area is 106 Å². The minimum Gasteiger partial charge on any atom is -0.360 e. The van der Waals surface area contributed by atoms with E-state index in [4.69, 9.17) is 4.52 Å². The summed E-state index contributed by atoms with van der Waals surface area (Å²) in [5, 5.41) is 6.54. The molecule has 100 valence electrons. The van der Waals surface area contributed by atoms with Gasteiger partial charge in [0.15, 0.2) is 5.82 Å². The van der Waals surface area contributed by atoms with Crippen molar-refractivity contribution in [2.45, 2.75) is 40.2 Å². The molecule has 1 aromatic heterocycles. The van der Waals surface area contributed by atoms with Gasteiger partial charge >= 0.3 is 0 Å². The number of hydrogen-bond acceptors (Lipinski definition) is 4. The highest BCUT2D eigenvalue weighted by molar-refractivity contribution is 5.96. The van der Waals surface area contributed by atoms with E-state index in [-0.39, 0.29) is 24.4 Å². The second kappa shape index (κ2) is 6.18. The van der Waals surface area contributed by atoms with E-state index in [2.05, 4.69) is 10.5 Å². The third kappa shape index (κ3) is 3.87. The molecule has 1 atom stereocenters. The molecule has 1 rings (SSSR count). The number of nitrogens with zero attached hydrogens (tertiary/aromatic N) is 2. The normalized spacial score (nSPS) is 12.0. The maximum Gasteiger partial charge on any atom is 0.240 e. The van der Waals surface area contributed by atoms with Gasteiger partial charge in [-0.25, -0.2) is 0 Å². The van der Waals surface area contributed by atoms with E-state index in [1.54, 1.807) is 13.0 Å². The van der Waals surface area contributed by atoms with Gasteiger partial charge < -0.3 is 9.84 Å². The highest BCUT2D eigenvalue weighted by atomic mass is 16.5. The van der Waals surface area contributed by atoms with Gasteiger partial charge in [-0.1, -0.05) is 12.1 Å². The molecule has 0 aromatic carbocycles. The first-order valence-corrected chi connectivity index (χ1v) is 5.94. The van der Waals surface area contributed by atoms with E-state index in [9.17, 15) is 9.59 Å². The molecule has 0 aliphatic rings. The second-order valence-electron chi connectivity index (χ2n) is 4.28. The number of amides is 2. The van der Waals surface area contributed by atoms with Crippen LogP contribution in [-0.2, 0) is 9.59 Å². The molecule has 0 radical (unpaired) electrons. The number of aryl methyl sites for hydroxylation is 1. The third-order valence-electron chi connectivity index (χ3n) is 2.59. The zero-order valence-corrected chi connectivity index (χ0v) is 11.2. The van der Waals surface area contributed by atoms with E-state index in [1.807, 2.05) is 13.8 Å². The molecule has 18 heavy (non-hydrogen) atoms. The van der Waals surface area contributed by atoms with Crippen LogP contribution in [0.2, 0.25) is 0 Å². The van der Waals surface area contributed by atoms with Crippen LogP contribution in [0.3, 0.4) is 0 Å². The zero-order valence-electron chi connectivity index (χ0n) is 11.2. The lowest BCUT2D eigenvalue weighted by molar-refractivity contribution is -0.123. The maximum absolute atomic E-state index is 11.7. The van der Waals surface area contributed by atoms with Gasteiger partial charge in [-0.05, 0) is 20.3 Å². The standard InChI is InChI=1S/C12H19N3O3/c1-5-8(2)13-12(17)7-15(10(4)16)11-6-9(3)18-14-11/h6,8H,5,7H2,1-4H3,(H,13,17). The number of nitrogens with one attached hydrogen (secondary N) is 1. The molecule has 0 spiro atoms. The van der Waals surface area contributed by atoms with E-state index >= 15 is 0 Å². The van der Waals surface area contributed by atoms with Gasteiger partial charge in [0.25, 0.3) is 0 Å². The minimum absolute atomic E-state index is 0.0500. The van der Waals surface area contributed by atoms with E-state index in [0.717, 1.165) is 6.42 Å². The van der Waals surface area contributed by atoms with Gasteiger partial charge in [-0.15, -0.1) is 0 Å². The lowest BCUT2D eigenvalue weighted by Crippen LogP contribution is -2.42. The van der Waals surface area contributed by atoms with Crippen LogP contribution in [0.4, 0.5) is 5.82 Å². The van der Waals surface area contributed by atoms with Crippen LogP contribution in [0.1, 0.15) is 33.0 Å². The lowest BCUT2D eigenvalue weighted by Gasteiger charge is -2.18. The highest BCUT2D eigenvalue weighted by Crippen LogP contribution is 2.13. The van der Waals surface area contributed by atoms with Crippen LogP contribution in [0.25, 0.3) is 0 Å². The molecular formula is C12H19N3O3. The summed E-state index contributed by atoms with van der Waals surface area (Å²) in [6, 6.07) is 1.71. The van der Waals surface area contributed by atoms with Crippen LogP contribution < -0.4 is 10.2 Å². The number of carbonyl (C=O) groups excluding carboxylic acids is 2. The quantitative estimate of drug-likeness (QED) is 0.857. The average Bonchev–Trinajstić information content (AvgIpc) is 2.71. The van der Waals surface area contributed by atoms with Gasteiger partial charge in [0, 0.05) is 19.0 Å². The van der Waals surface area contributed by atoms with Crippen molar-refractivity contribution in [3.63, 3.8) is 0 Å². The summed E-state index contributed by atoms with van der Waals surface area (Å²) in [5.41, 5.74) is 0. The van der Waals surface area contributed by atoms with E-state index < -0.39 is 0 Å². The van der Waals surface area contributed by atoms with Crippen molar-refractivity contribution in [1.82, 2.24) is 10.5 Å². The summed E-state index contributed by atoms with van der Waals surface area (Å²) < 4.78 is 4.90. The van der Waals surface area contributed by atoms with Crippen LogP contribution in [0, 0.1) is 6.92 Å². The largest absolute Gasteiger partial charge is 0.360 e. The summed E-state index contributed by atoms with van der Waals surface area (Å²) in [6.45, 7) is 6.96. The fourth-order valence-electron chi connectivity index (χ4n) is 1.40. The van der Waals surface area contributed by atoms with Crippen molar-refractivity contribution in [2.24, 2.45) is 0 Å². The summed E-state index contributed by atoms with van der Waals surface area (Å²) in [4.78, 5) is 24.5. The Morgan fingerprint density at radius 1 is 1.56 bits per heavy atom. The molecule has 1 N–H and O–H groups in total. The van der Waals surface area contributed by atoms with Crippen molar-refractivity contribution in [2.75, 3.05) is 11.4 Å². The Hall–Kier alpha value is -1.85. The van der Waals surface area contributed by atoms with Crippen molar-refractivity contribution < 1.29 is 14.1 Å². The second-order valence-corrected chi connectivity index (χ2v) is 4.28. The monoisotopic (exact) mass is 253 g/mol. The van der Waals surface area contributed by atoms with Crippen LogP contribution in [0.5, 0.6) is 0 Å². The lowest BCUT2D eigenvalue weighted by atomic mass is 10.2. The number of rotatable bonds is 5. The molecule has 0 bridgehead atoms. The molecule has 0 aliphatic carbocycles.